The fourth-order valence-electron chi connectivity index (χ4n) is 2.49. The van der Waals surface area contributed by atoms with Crippen molar-refractivity contribution >= 4 is 0 Å². The summed E-state index contributed by atoms with van der Waals surface area (Å²) in [5.74, 6) is -0.329. The van der Waals surface area contributed by atoms with Gasteiger partial charge in [0.1, 0.15) is 11.9 Å². The van der Waals surface area contributed by atoms with Crippen molar-refractivity contribution in [2.24, 2.45) is 0 Å². The molecular formula is C16H17FN2O. The van der Waals surface area contributed by atoms with Crippen LogP contribution < -0.4 is 5.32 Å². The smallest absolute Gasteiger partial charge is 0.141 e. The summed E-state index contributed by atoms with van der Waals surface area (Å²) < 4.78 is 19.1. The third-order valence-electron chi connectivity index (χ3n) is 3.60. The second-order valence-corrected chi connectivity index (χ2v) is 5.05. The summed E-state index contributed by atoms with van der Waals surface area (Å²) in [4.78, 5) is 4.14. The van der Waals surface area contributed by atoms with Gasteiger partial charge >= 0.3 is 0 Å². The first-order chi connectivity index (χ1) is 9.74. The summed E-state index contributed by atoms with van der Waals surface area (Å²) in [7, 11) is 0. The van der Waals surface area contributed by atoms with Crippen molar-refractivity contribution in [1.82, 2.24) is 10.3 Å². The van der Waals surface area contributed by atoms with Crippen molar-refractivity contribution in [2.45, 2.75) is 25.2 Å². The highest BCUT2D eigenvalue weighted by Crippen LogP contribution is 2.31. The number of halogens is 1. The predicted molar refractivity (Wildman–Crippen MR) is 74.7 cm³/mol. The van der Waals surface area contributed by atoms with Crippen LogP contribution >= 0.6 is 0 Å². The fraction of sp³-hybridized carbons (Fsp3) is 0.312. The molecule has 0 aliphatic carbocycles. The number of ether oxygens (including phenoxy) is 1. The topological polar surface area (TPSA) is 34.1 Å². The summed E-state index contributed by atoms with van der Waals surface area (Å²) in [6.07, 6.45) is 1.05. The van der Waals surface area contributed by atoms with E-state index >= 15 is 0 Å². The van der Waals surface area contributed by atoms with Crippen LogP contribution in [0.4, 0.5) is 4.39 Å². The molecule has 1 aromatic carbocycles. The molecule has 104 valence electrons. The fourth-order valence-corrected chi connectivity index (χ4v) is 2.49. The quantitative estimate of drug-likeness (QED) is 0.912. The van der Waals surface area contributed by atoms with E-state index in [4.69, 9.17) is 4.74 Å². The highest BCUT2D eigenvalue weighted by Gasteiger charge is 2.30. The molecule has 0 spiro atoms. The second-order valence-electron chi connectivity index (χ2n) is 5.05. The minimum Gasteiger partial charge on any atom is -0.361 e. The molecule has 3 atom stereocenters. The Morgan fingerprint density at radius 1 is 1.20 bits per heavy atom. The van der Waals surface area contributed by atoms with Gasteiger partial charge < -0.3 is 10.1 Å². The van der Waals surface area contributed by atoms with Crippen LogP contribution in [0.3, 0.4) is 0 Å². The van der Waals surface area contributed by atoms with Gasteiger partial charge in [-0.05, 0) is 24.6 Å². The van der Waals surface area contributed by atoms with Gasteiger partial charge in [-0.2, -0.15) is 0 Å². The Morgan fingerprint density at radius 2 is 2.00 bits per heavy atom. The van der Waals surface area contributed by atoms with Gasteiger partial charge in [0.2, 0.25) is 0 Å². The number of nitrogens with zero attached hydrogens (tertiary/aromatic N) is 1. The van der Waals surface area contributed by atoms with Gasteiger partial charge in [0.05, 0.1) is 18.0 Å². The average molecular weight is 272 g/mol. The van der Waals surface area contributed by atoms with Crippen LogP contribution in [0.25, 0.3) is 0 Å². The molecule has 1 N–H and O–H groups in total. The number of aromatic nitrogens is 1. The Hall–Kier alpha value is -1.78. The zero-order chi connectivity index (χ0) is 13.9. The first kappa shape index (κ1) is 13.2. The lowest BCUT2D eigenvalue weighted by atomic mass is 10.0. The number of nitrogens with one attached hydrogen (secondary N) is 1. The maximum Gasteiger partial charge on any atom is 0.141 e. The predicted octanol–water partition coefficient (Wildman–Crippen LogP) is 3.01. The first-order valence-corrected chi connectivity index (χ1v) is 6.79. The van der Waals surface area contributed by atoms with Gasteiger partial charge in [0.15, 0.2) is 0 Å². The molecule has 20 heavy (non-hydrogen) atoms. The van der Waals surface area contributed by atoms with Gasteiger partial charge in [-0.1, -0.05) is 30.3 Å². The minimum absolute atomic E-state index is 0.00995. The molecule has 2 aromatic rings. The van der Waals surface area contributed by atoms with Crippen molar-refractivity contribution in [3.8, 4) is 0 Å². The maximum absolute atomic E-state index is 13.0. The number of hydrogen-bond acceptors (Lipinski definition) is 3. The molecule has 1 fully saturated rings. The number of hydrogen-bond donors (Lipinski definition) is 1. The van der Waals surface area contributed by atoms with E-state index < -0.39 is 0 Å². The van der Waals surface area contributed by atoms with Crippen LogP contribution in [0, 0.1) is 5.82 Å². The van der Waals surface area contributed by atoms with Gasteiger partial charge in [-0.3, -0.25) is 4.98 Å². The van der Waals surface area contributed by atoms with Gasteiger partial charge in [-0.15, -0.1) is 0 Å². The zero-order valence-corrected chi connectivity index (χ0v) is 11.3. The summed E-state index contributed by atoms with van der Waals surface area (Å²) >= 11 is 0. The largest absolute Gasteiger partial charge is 0.361 e. The molecule has 0 radical (unpaired) electrons. The van der Waals surface area contributed by atoms with E-state index in [1.807, 2.05) is 18.2 Å². The van der Waals surface area contributed by atoms with Crippen LogP contribution in [0.2, 0.25) is 0 Å². The van der Waals surface area contributed by atoms with E-state index in [1.165, 1.54) is 12.3 Å². The zero-order valence-electron chi connectivity index (χ0n) is 11.3. The van der Waals surface area contributed by atoms with Crippen molar-refractivity contribution in [3.63, 3.8) is 0 Å². The van der Waals surface area contributed by atoms with Crippen LogP contribution in [0.1, 0.15) is 30.4 Å². The van der Waals surface area contributed by atoms with Crippen LogP contribution in [0.5, 0.6) is 0 Å². The van der Waals surface area contributed by atoms with E-state index in [1.54, 1.807) is 6.07 Å². The highest BCUT2D eigenvalue weighted by atomic mass is 19.1. The van der Waals surface area contributed by atoms with Crippen LogP contribution in [-0.2, 0) is 4.74 Å². The second kappa shape index (κ2) is 5.69. The Morgan fingerprint density at radius 3 is 2.70 bits per heavy atom. The normalized spacial score (nSPS) is 26.4. The molecule has 0 saturated carbocycles. The van der Waals surface area contributed by atoms with E-state index in [9.17, 15) is 4.39 Å². The standard InChI is InChI=1S/C16H17FN2O/c1-11-16(14-8-7-13(17)9-19-14)20-15(10-18-11)12-5-3-2-4-6-12/h2-9,11,15-16,18H,10H2,1H3. The molecule has 0 bridgehead atoms. The van der Waals surface area contributed by atoms with E-state index in [2.05, 4.69) is 29.4 Å². The lowest BCUT2D eigenvalue weighted by molar-refractivity contribution is -0.0652. The molecule has 3 rings (SSSR count). The van der Waals surface area contributed by atoms with Crippen molar-refractivity contribution in [2.75, 3.05) is 6.54 Å². The van der Waals surface area contributed by atoms with Crippen LogP contribution in [0.15, 0.2) is 48.7 Å². The minimum atomic E-state index is -0.329. The molecule has 1 aliphatic rings. The van der Waals surface area contributed by atoms with Gasteiger partial charge in [-0.25, -0.2) is 4.39 Å². The van der Waals surface area contributed by atoms with Crippen molar-refractivity contribution in [1.29, 1.82) is 0 Å². The first-order valence-electron chi connectivity index (χ1n) is 6.79. The average Bonchev–Trinajstić information content (AvgIpc) is 2.50. The number of pyridine rings is 1. The lowest BCUT2D eigenvalue weighted by Crippen LogP contribution is -2.43. The number of morpholine rings is 1. The number of benzene rings is 1. The number of rotatable bonds is 2. The molecule has 1 saturated heterocycles. The third kappa shape index (κ3) is 2.71. The lowest BCUT2D eigenvalue weighted by Gasteiger charge is -2.35. The Bertz CT molecular complexity index is 558. The molecule has 3 unspecified atom stereocenters. The molecule has 2 heterocycles. The molecule has 3 nitrogen and oxygen atoms in total. The monoisotopic (exact) mass is 272 g/mol. The van der Waals surface area contributed by atoms with Crippen molar-refractivity contribution < 1.29 is 9.13 Å². The summed E-state index contributed by atoms with van der Waals surface area (Å²) in [6, 6.07) is 13.4. The van der Waals surface area contributed by atoms with E-state index in [-0.39, 0.29) is 24.1 Å². The third-order valence-corrected chi connectivity index (χ3v) is 3.60. The summed E-state index contributed by atoms with van der Waals surface area (Å²) in [5.41, 5.74) is 1.89. The highest BCUT2D eigenvalue weighted by molar-refractivity contribution is 5.20. The Balaban J connectivity index is 1.82. The molecule has 1 aromatic heterocycles. The van der Waals surface area contributed by atoms with E-state index in [0.717, 1.165) is 17.8 Å². The summed E-state index contributed by atoms with van der Waals surface area (Å²) in [6.45, 7) is 2.82. The molecule has 1 aliphatic heterocycles. The van der Waals surface area contributed by atoms with Gasteiger partial charge in [0, 0.05) is 12.6 Å². The van der Waals surface area contributed by atoms with Crippen molar-refractivity contribution in [3.05, 3.63) is 65.7 Å². The SMILES string of the molecule is CC1NCC(c2ccccc2)OC1c1ccc(F)cn1. The summed E-state index contributed by atoms with van der Waals surface area (Å²) in [5, 5.41) is 3.43. The Labute approximate surface area is 117 Å². The Kier molecular flexibility index (Phi) is 3.76. The van der Waals surface area contributed by atoms with Gasteiger partial charge in [0.25, 0.3) is 0 Å². The molecular weight excluding hydrogens is 255 g/mol. The van der Waals surface area contributed by atoms with E-state index in [0.29, 0.717) is 0 Å². The molecule has 0 amide bonds. The maximum atomic E-state index is 13.0. The van der Waals surface area contributed by atoms with Crippen LogP contribution in [-0.4, -0.2) is 17.6 Å². The molecule has 4 heteroatoms.